The molecular formula is C44H53F6N3O7. The third-order valence-electron chi connectivity index (χ3n) is 13.0. The number of likely N-dealkylation sites (tertiary alicyclic amines) is 2. The minimum absolute atomic E-state index is 0.00223. The number of halogens is 6. The smallest absolute Gasteiger partial charge is 0.418 e. The van der Waals surface area contributed by atoms with E-state index < -0.39 is 75.9 Å². The number of aliphatic hydroxyl groups is 1. The summed E-state index contributed by atoms with van der Waals surface area (Å²) >= 11 is 0. The van der Waals surface area contributed by atoms with E-state index in [-0.39, 0.29) is 63.6 Å². The van der Waals surface area contributed by atoms with Gasteiger partial charge in [0, 0.05) is 37.8 Å². The van der Waals surface area contributed by atoms with E-state index in [0.717, 1.165) is 43.8 Å². The van der Waals surface area contributed by atoms with Gasteiger partial charge in [-0.3, -0.25) is 19.4 Å². The summed E-state index contributed by atoms with van der Waals surface area (Å²) in [7, 11) is 0. The van der Waals surface area contributed by atoms with Crippen LogP contribution in [-0.2, 0) is 26.1 Å². The van der Waals surface area contributed by atoms with Crippen molar-refractivity contribution < 1.29 is 60.4 Å². The number of rotatable bonds is 13. The molecule has 3 heterocycles. The Morgan fingerprint density at radius 2 is 1.67 bits per heavy atom. The highest BCUT2D eigenvalue weighted by Gasteiger charge is 2.57. The number of nitrogens with zero attached hydrogens (tertiary/aromatic N) is 3. The average Bonchev–Trinajstić information content (AvgIpc) is 3.18. The average molecular weight is 850 g/mol. The Hall–Kier alpha value is -4.60. The fourth-order valence-electron chi connectivity index (χ4n) is 9.06. The monoisotopic (exact) mass is 849 g/mol. The summed E-state index contributed by atoms with van der Waals surface area (Å²) in [4.78, 5) is 47.7. The molecule has 16 heteroatoms. The van der Waals surface area contributed by atoms with Gasteiger partial charge in [0.1, 0.15) is 17.2 Å². The Morgan fingerprint density at radius 3 is 2.25 bits per heavy atom. The molecule has 2 amide bonds. The molecule has 2 aromatic rings. The van der Waals surface area contributed by atoms with Crippen LogP contribution in [0.4, 0.5) is 26.3 Å². The maximum Gasteiger partial charge on any atom is 0.418 e. The minimum atomic E-state index is -4.91. The summed E-state index contributed by atoms with van der Waals surface area (Å²) in [5.41, 5.74) is -7.91. The molecule has 0 bridgehead atoms. The zero-order chi connectivity index (χ0) is 43.7. The number of pyridine rings is 1. The summed E-state index contributed by atoms with van der Waals surface area (Å²) in [6.07, 6.45) is -2.17. The van der Waals surface area contributed by atoms with E-state index in [1.807, 2.05) is 6.92 Å². The number of carboxylic acids is 1. The predicted octanol–water partition coefficient (Wildman–Crippen LogP) is 8.99. The summed E-state index contributed by atoms with van der Waals surface area (Å²) < 4.78 is 97.2. The van der Waals surface area contributed by atoms with Crippen LogP contribution in [0.3, 0.4) is 0 Å². The van der Waals surface area contributed by atoms with E-state index in [2.05, 4.69) is 4.98 Å². The maximum atomic E-state index is 15.1. The van der Waals surface area contributed by atoms with Crippen molar-refractivity contribution in [3.63, 3.8) is 0 Å². The van der Waals surface area contributed by atoms with E-state index in [0.29, 0.717) is 43.4 Å². The Kier molecular flexibility index (Phi) is 12.8. The van der Waals surface area contributed by atoms with Crippen LogP contribution in [0.5, 0.6) is 5.75 Å². The largest absolute Gasteiger partial charge is 0.490 e. The predicted molar refractivity (Wildman–Crippen MR) is 207 cm³/mol. The van der Waals surface area contributed by atoms with E-state index in [4.69, 9.17) is 9.47 Å². The van der Waals surface area contributed by atoms with Gasteiger partial charge in [-0.05, 0) is 102 Å². The number of allylic oxidation sites excluding steroid dienone is 3. The lowest BCUT2D eigenvalue weighted by Crippen LogP contribution is -2.67. The van der Waals surface area contributed by atoms with Gasteiger partial charge in [-0.15, -0.1) is 0 Å². The van der Waals surface area contributed by atoms with Gasteiger partial charge in [0.15, 0.2) is 0 Å². The first-order valence-electron chi connectivity index (χ1n) is 20.7. The van der Waals surface area contributed by atoms with E-state index in [9.17, 15) is 46.1 Å². The molecule has 2 unspecified atom stereocenters. The number of hydrogen-bond donors (Lipinski definition) is 2. The number of para-hydroxylation sites is 1. The van der Waals surface area contributed by atoms with Crippen molar-refractivity contribution in [1.29, 1.82) is 0 Å². The van der Waals surface area contributed by atoms with E-state index in [1.165, 1.54) is 15.9 Å². The third-order valence-corrected chi connectivity index (χ3v) is 13.0. The van der Waals surface area contributed by atoms with Crippen molar-refractivity contribution in [1.82, 2.24) is 14.8 Å². The first-order valence-corrected chi connectivity index (χ1v) is 20.7. The van der Waals surface area contributed by atoms with Crippen LogP contribution >= 0.6 is 0 Å². The molecule has 2 aliphatic carbocycles. The fraction of sp³-hybridized carbons (Fsp3) is 0.591. The number of piperidine rings is 2. The molecule has 60 heavy (non-hydrogen) atoms. The zero-order valence-corrected chi connectivity index (χ0v) is 34.1. The van der Waals surface area contributed by atoms with Crippen molar-refractivity contribution in [2.45, 2.75) is 134 Å². The summed E-state index contributed by atoms with van der Waals surface area (Å²) in [6, 6.07) is 7.67. The normalized spacial score (nSPS) is 25.8. The minimum Gasteiger partial charge on any atom is -0.490 e. The van der Waals surface area contributed by atoms with Crippen LogP contribution in [0.2, 0.25) is 0 Å². The highest BCUT2D eigenvalue weighted by Crippen LogP contribution is 2.48. The van der Waals surface area contributed by atoms with Gasteiger partial charge < -0.3 is 29.5 Å². The molecule has 1 aromatic carbocycles. The van der Waals surface area contributed by atoms with Gasteiger partial charge >= 0.3 is 18.3 Å². The number of ether oxygens (including phenoxy) is 2. The lowest BCUT2D eigenvalue weighted by molar-refractivity contribution is -0.200. The number of amides is 2. The van der Waals surface area contributed by atoms with Crippen LogP contribution in [0.25, 0.3) is 0 Å². The van der Waals surface area contributed by atoms with Crippen LogP contribution in [0.15, 0.2) is 66.6 Å². The van der Waals surface area contributed by atoms with Gasteiger partial charge in [0.05, 0.1) is 34.1 Å². The molecule has 6 rings (SSSR count). The highest BCUT2D eigenvalue weighted by molar-refractivity contribution is 5.96. The summed E-state index contributed by atoms with van der Waals surface area (Å²) in [5, 5.41) is 21.9. The maximum absolute atomic E-state index is 15.1. The number of aliphatic carboxylic acids is 1. The fourth-order valence-corrected chi connectivity index (χ4v) is 9.06. The van der Waals surface area contributed by atoms with Gasteiger partial charge in [-0.2, -0.15) is 26.3 Å². The van der Waals surface area contributed by atoms with Gasteiger partial charge in [-0.1, -0.05) is 44.0 Å². The van der Waals surface area contributed by atoms with E-state index >= 15 is 4.79 Å². The lowest BCUT2D eigenvalue weighted by atomic mass is 9.66. The van der Waals surface area contributed by atoms with Crippen molar-refractivity contribution in [3.8, 4) is 5.75 Å². The van der Waals surface area contributed by atoms with Crippen molar-refractivity contribution in [2.24, 2.45) is 10.8 Å². The Bertz CT molecular complexity index is 1970. The molecule has 2 saturated heterocycles. The second-order valence-electron chi connectivity index (χ2n) is 17.1. The summed E-state index contributed by atoms with van der Waals surface area (Å²) in [5.74, 6) is -2.07. The topological polar surface area (TPSA) is 130 Å². The first kappa shape index (κ1) is 44.9. The Labute approximate surface area is 345 Å². The standard InChI is InChI=1S/C44H53F6N3O7/c1-4-10-34-42(60-30-15-20-39(3,21-16-30)44(48,49)50,19-9-26-53(34)36(54)35-32(43(45,46)47)12-7-25-51-35)37(55)52-27-23-41(58,24-28-52)31-11-5-6-13-33(31)59-29(2)14-22-40(38(56)57)17-8-18-40/h5-7,11-13,15-16,20,25,29,34,58H,4,8-10,14,17-19,21-24,26-28H2,1-3H3,(H,56,57)/t29?,34-,39?,42+/m1/s1. The second-order valence-corrected chi connectivity index (χ2v) is 17.1. The molecule has 4 atom stereocenters. The van der Waals surface area contributed by atoms with Crippen molar-refractivity contribution in [3.05, 3.63) is 83.4 Å². The molecule has 0 spiro atoms. The van der Waals surface area contributed by atoms with Crippen LogP contribution in [0, 0.1) is 10.8 Å². The quantitative estimate of drug-likeness (QED) is 0.191. The molecule has 3 fully saturated rings. The van der Waals surface area contributed by atoms with Gasteiger partial charge in [0.2, 0.25) is 5.60 Å². The second kappa shape index (κ2) is 17.0. The number of benzene rings is 1. The van der Waals surface area contributed by atoms with Gasteiger partial charge in [-0.25, -0.2) is 0 Å². The van der Waals surface area contributed by atoms with Crippen LogP contribution < -0.4 is 4.74 Å². The molecule has 328 valence electrons. The van der Waals surface area contributed by atoms with Crippen molar-refractivity contribution in [2.75, 3.05) is 19.6 Å². The number of carbonyl (C=O) groups is 3. The van der Waals surface area contributed by atoms with Crippen LogP contribution in [-0.4, -0.2) is 86.3 Å². The Balaban J connectivity index is 1.28. The number of aromatic nitrogens is 1. The number of carboxylic acid groups (broad SMARTS) is 1. The van der Waals surface area contributed by atoms with Gasteiger partial charge in [0.25, 0.3) is 11.8 Å². The SMILES string of the molecule is CCC[C@H]1N(C(=O)c2ncccc2C(F)(F)F)CCC[C@@]1(OC1=CCC(C)(C(F)(F)F)C=C1)C(=O)N1CCC(O)(c2ccccc2OC(C)CCC2(C(=O)O)CCC2)CC1. The number of carbonyl (C=O) groups excluding carboxylic acids is 2. The molecule has 4 aliphatic rings. The molecule has 10 nitrogen and oxygen atoms in total. The summed E-state index contributed by atoms with van der Waals surface area (Å²) in [6.45, 7) is 4.63. The van der Waals surface area contributed by atoms with E-state index in [1.54, 1.807) is 31.2 Å². The number of alkyl halides is 6. The molecule has 0 radical (unpaired) electrons. The zero-order valence-electron chi connectivity index (χ0n) is 34.1. The highest BCUT2D eigenvalue weighted by atomic mass is 19.4. The molecule has 2 N–H and O–H groups in total. The lowest BCUT2D eigenvalue weighted by Gasteiger charge is -2.51. The van der Waals surface area contributed by atoms with Crippen molar-refractivity contribution >= 4 is 17.8 Å². The third kappa shape index (κ3) is 8.76. The molecular weight excluding hydrogens is 796 g/mol. The first-order chi connectivity index (χ1) is 28.2. The number of hydrogen-bond acceptors (Lipinski definition) is 7. The molecule has 2 aliphatic heterocycles. The Morgan fingerprint density at radius 1 is 0.967 bits per heavy atom. The molecule has 1 saturated carbocycles. The van der Waals surface area contributed by atoms with Crippen LogP contribution in [0.1, 0.15) is 119 Å². The molecule has 1 aromatic heterocycles.